The van der Waals surface area contributed by atoms with Crippen molar-refractivity contribution in [3.05, 3.63) is 87.3 Å². The fourth-order valence-corrected chi connectivity index (χ4v) is 3.15. The summed E-state index contributed by atoms with van der Waals surface area (Å²) in [5.74, 6) is -0.296. The van der Waals surface area contributed by atoms with Gasteiger partial charge in [0.25, 0.3) is 5.56 Å². The van der Waals surface area contributed by atoms with E-state index >= 15 is 0 Å². The lowest BCUT2D eigenvalue weighted by Crippen LogP contribution is -2.22. The Balaban J connectivity index is 1.88. The van der Waals surface area contributed by atoms with Gasteiger partial charge in [-0.2, -0.15) is 0 Å². The molecular weight excluding hydrogens is 331 g/mol. The van der Waals surface area contributed by atoms with Crippen LogP contribution in [0.15, 0.2) is 53.5 Å². The molecule has 0 unspecified atom stereocenters. The summed E-state index contributed by atoms with van der Waals surface area (Å²) in [6, 6.07) is 11.8. The van der Waals surface area contributed by atoms with E-state index in [1.165, 1.54) is 16.6 Å². The zero-order valence-electron chi connectivity index (χ0n) is 14.5. The number of aromatic amines is 1. The maximum atomic E-state index is 13.1. The van der Waals surface area contributed by atoms with E-state index in [4.69, 9.17) is 0 Å². The Morgan fingerprint density at radius 1 is 1.12 bits per heavy atom. The monoisotopic (exact) mass is 348 g/mol. The van der Waals surface area contributed by atoms with Crippen LogP contribution in [0.2, 0.25) is 0 Å². The van der Waals surface area contributed by atoms with Crippen LogP contribution in [0.25, 0.3) is 16.9 Å². The van der Waals surface area contributed by atoms with E-state index in [0.717, 1.165) is 22.5 Å². The second-order valence-corrected chi connectivity index (χ2v) is 6.27. The Morgan fingerprint density at radius 2 is 1.88 bits per heavy atom. The van der Waals surface area contributed by atoms with Gasteiger partial charge in [0.1, 0.15) is 5.82 Å². The van der Waals surface area contributed by atoms with Crippen molar-refractivity contribution < 1.29 is 4.39 Å². The van der Waals surface area contributed by atoms with Crippen molar-refractivity contribution in [2.75, 3.05) is 0 Å². The largest absolute Gasteiger partial charge is 0.293 e. The third-order valence-corrected chi connectivity index (χ3v) is 4.48. The molecule has 0 radical (unpaired) electrons. The molecule has 4 aromatic rings. The minimum Gasteiger partial charge on any atom is -0.293 e. The lowest BCUT2D eigenvalue weighted by atomic mass is 10.0. The van der Waals surface area contributed by atoms with Gasteiger partial charge in [0.15, 0.2) is 5.65 Å². The average molecular weight is 348 g/mol. The van der Waals surface area contributed by atoms with Crippen molar-refractivity contribution in [3.63, 3.8) is 0 Å². The number of nitrogens with zero attached hydrogens (tertiary/aromatic N) is 3. The van der Waals surface area contributed by atoms with Crippen LogP contribution < -0.4 is 5.56 Å². The average Bonchev–Trinajstić information content (AvgIpc) is 2.97. The van der Waals surface area contributed by atoms with Crippen molar-refractivity contribution in [1.82, 2.24) is 19.6 Å². The third kappa shape index (κ3) is 2.69. The van der Waals surface area contributed by atoms with Crippen molar-refractivity contribution in [1.29, 1.82) is 0 Å². The highest BCUT2D eigenvalue weighted by atomic mass is 19.1. The molecule has 0 bridgehead atoms. The summed E-state index contributed by atoms with van der Waals surface area (Å²) in [6.45, 7) is 3.72. The Morgan fingerprint density at radius 3 is 2.58 bits per heavy atom. The molecule has 6 heteroatoms. The van der Waals surface area contributed by atoms with Crippen LogP contribution >= 0.6 is 0 Å². The topological polar surface area (TPSA) is 63.1 Å². The molecule has 0 aliphatic rings. The quantitative estimate of drug-likeness (QED) is 0.617. The lowest BCUT2D eigenvalue weighted by Gasteiger charge is -2.06. The molecular formula is C20H17FN4O. The number of pyridine rings is 1. The SMILES string of the molecule is Cc1nc2c(-c3ccccn3)c(C)[nH]n2c(=O)c1Cc1ccc(F)cc1. The van der Waals surface area contributed by atoms with Crippen molar-refractivity contribution >= 4 is 5.65 Å². The number of H-pyrrole nitrogens is 1. The molecule has 0 spiro atoms. The molecule has 130 valence electrons. The van der Waals surface area contributed by atoms with Gasteiger partial charge in [0.05, 0.1) is 11.3 Å². The first-order valence-electron chi connectivity index (χ1n) is 8.31. The number of benzene rings is 1. The third-order valence-electron chi connectivity index (χ3n) is 4.48. The van der Waals surface area contributed by atoms with Gasteiger partial charge in [-0.25, -0.2) is 13.9 Å². The predicted molar refractivity (Wildman–Crippen MR) is 97.7 cm³/mol. The molecule has 0 saturated heterocycles. The van der Waals surface area contributed by atoms with Crippen LogP contribution in [-0.4, -0.2) is 19.6 Å². The maximum Gasteiger partial charge on any atom is 0.276 e. The molecule has 0 atom stereocenters. The fraction of sp³-hybridized carbons (Fsp3) is 0.150. The first-order chi connectivity index (χ1) is 12.5. The minimum absolute atomic E-state index is 0.151. The number of aromatic nitrogens is 4. The van der Waals surface area contributed by atoms with E-state index in [-0.39, 0.29) is 11.4 Å². The maximum absolute atomic E-state index is 13.1. The molecule has 5 nitrogen and oxygen atoms in total. The normalized spacial score (nSPS) is 11.2. The van der Waals surface area contributed by atoms with Crippen LogP contribution in [0.4, 0.5) is 4.39 Å². The summed E-state index contributed by atoms with van der Waals surface area (Å²) < 4.78 is 14.6. The van der Waals surface area contributed by atoms with Gasteiger partial charge < -0.3 is 0 Å². The number of rotatable bonds is 3. The van der Waals surface area contributed by atoms with Crippen molar-refractivity contribution in [3.8, 4) is 11.3 Å². The summed E-state index contributed by atoms with van der Waals surface area (Å²) in [4.78, 5) is 22.1. The zero-order valence-corrected chi connectivity index (χ0v) is 14.5. The second-order valence-electron chi connectivity index (χ2n) is 6.27. The van der Waals surface area contributed by atoms with Gasteiger partial charge in [0, 0.05) is 29.6 Å². The number of halogens is 1. The zero-order chi connectivity index (χ0) is 18.3. The molecule has 0 amide bonds. The highest BCUT2D eigenvalue weighted by molar-refractivity contribution is 5.77. The number of nitrogens with one attached hydrogen (secondary N) is 1. The molecule has 3 heterocycles. The molecule has 26 heavy (non-hydrogen) atoms. The molecule has 4 rings (SSSR count). The predicted octanol–water partition coefficient (Wildman–Crippen LogP) is 3.43. The van der Waals surface area contributed by atoms with E-state index in [9.17, 15) is 9.18 Å². The highest BCUT2D eigenvalue weighted by Crippen LogP contribution is 2.25. The molecule has 0 saturated carbocycles. The first kappa shape index (κ1) is 16.2. The fourth-order valence-electron chi connectivity index (χ4n) is 3.15. The van der Waals surface area contributed by atoms with Crippen LogP contribution in [-0.2, 0) is 6.42 Å². The van der Waals surface area contributed by atoms with Gasteiger partial charge in [-0.3, -0.25) is 14.9 Å². The van der Waals surface area contributed by atoms with Crippen molar-refractivity contribution in [2.45, 2.75) is 20.3 Å². The number of hydrogen-bond acceptors (Lipinski definition) is 3. The van der Waals surface area contributed by atoms with E-state index in [0.29, 0.717) is 23.3 Å². The summed E-state index contributed by atoms with van der Waals surface area (Å²) in [5, 5.41) is 3.10. The molecule has 1 aromatic carbocycles. The van der Waals surface area contributed by atoms with Crippen LogP contribution in [0.5, 0.6) is 0 Å². The van der Waals surface area contributed by atoms with Crippen LogP contribution in [0.1, 0.15) is 22.5 Å². The van der Waals surface area contributed by atoms with Gasteiger partial charge in [0.2, 0.25) is 0 Å². The Hall–Kier alpha value is -3.28. The van der Waals surface area contributed by atoms with E-state index < -0.39 is 0 Å². The molecule has 0 aliphatic heterocycles. The number of fused-ring (bicyclic) bond motifs is 1. The number of hydrogen-bond donors (Lipinski definition) is 1. The molecule has 0 fully saturated rings. The molecule has 3 aromatic heterocycles. The van der Waals surface area contributed by atoms with E-state index in [2.05, 4.69) is 15.1 Å². The van der Waals surface area contributed by atoms with Gasteiger partial charge in [-0.05, 0) is 43.7 Å². The van der Waals surface area contributed by atoms with Crippen LogP contribution in [0.3, 0.4) is 0 Å². The Bertz CT molecular complexity index is 1140. The minimum atomic E-state index is -0.296. The molecule has 0 aliphatic carbocycles. The van der Waals surface area contributed by atoms with Gasteiger partial charge in [-0.15, -0.1) is 0 Å². The van der Waals surface area contributed by atoms with Gasteiger partial charge >= 0.3 is 0 Å². The molecule has 1 N–H and O–H groups in total. The number of aryl methyl sites for hydroxylation is 2. The van der Waals surface area contributed by atoms with Crippen LogP contribution in [0, 0.1) is 19.7 Å². The van der Waals surface area contributed by atoms with Crippen molar-refractivity contribution in [2.24, 2.45) is 0 Å². The highest BCUT2D eigenvalue weighted by Gasteiger charge is 2.18. The van der Waals surface area contributed by atoms with Gasteiger partial charge in [-0.1, -0.05) is 18.2 Å². The summed E-state index contributed by atoms with van der Waals surface area (Å²) >= 11 is 0. The summed E-state index contributed by atoms with van der Waals surface area (Å²) in [7, 11) is 0. The lowest BCUT2D eigenvalue weighted by molar-refractivity contribution is 0.627. The standard InChI is InChI=1S/C20H17FN4O/c1-12-16(11-14-6-8-15(21)9-7-14)20(26)25-19(23-12)18(13(2)24-25)17-5-3-4-10-22-17/h3-10,24H,11H2,1-2H3. The Kier molecular flexibility index (Phi) is 3.88. The summed E-state index contributed by atoms with van der Waals surface area (Å²) in [6.07, 6.45) is 2.12. The second kappa shape index (κ2) is 6.22. The smallest absolute Gasteiger partial charge is 0.276 e. The first-order valence-corrected chi connectivity index (χ1v) is 8.31. The van der Waals surface area contributed by atoms with E-state index in [1.807, 2.05) is 32.0 Å². The summed E-state index contributed by atoms with van der Waals surface area (Å²) in [5.41, 5.74) is 4.93. The Labute approximate surface area is 149 Å². The van der Waals surface area contributed by atoms with E-state index in [1.54, 1.807) is 18.3 Å².